The van der Waals surface area contributed by atoms with Crippen molar-refractivity contribution in [3.05, 3.63) is 11.6 Å². The van der Waals surface area contributed by atoms with Crippen LogP contribution in [0.3, 0.4) is 0 Å². The van der Waals surface area contributed by atoms with E-state index in [1.807, 2.05) is 13.8 Å². The van der Waals surface area contributed by atoms with Gasteiger partial charge in [-0.15, -0.1) is 0 Å². The molecule has 4 aliphatic carbocycles. The van der Waals surface area contributed by atoms with Crippen LogP contribution in [0, 0.1) is 45.8 Å². The Bertz CT molecular complexity index is 916. The van der Waals surface area contributed by atoms with Gasteiger partial charge in [0.2, 0.25) is 6.29 Å². The van der Waals surface area contributed by atoms with E-state index in [1.54, 1.807) is 0 Å². The average Bonchev–Trinajstić information content (AvgIpc) is 3.41. The molecule has 0 aromatic carbocycles. The van der Waals surface area contributed by atoms with Gasteiger partial charge in [0.25, 0.3) is 0 Å². The van der Waals surface area contributed by atoms with Crippen LogP contribution in [-0.2, 0) is 19.1 Å². The predicted octanol–water partition coefficient (Wildman–Crippen LogP) is 0.162. The third kappa shape index (κ3) is 2.85. The van der Waals surface area contributed by atoms with E-state index in [0.29, 0.717) is 18.8 Å². The third-order valence-electron chi connectivity index (χ3n) is 10.5. The van der Waals surface area contributed by atoms with Crippen molar-refractivity contribution >= 4 is 12.3 Å². The van der Waals surface area contributed by atoms with Crippen molar-refractivity contribution in [2.75, 3.05) is 13.2 Å². The molecule has 0 aromatic rings. The molecule has 3 saturated carbocycles. The molecule has 0 radical (unpaired) electrons. The highest BCUT2D eigenvalue weighted by molar-refractivity contribution is 5.91. The molecule has 5 N–H and O–H groups in total. The smallest absolute Gasteiger partial charge is 0.320 e. The van der Waals surface area contributed by atoms with E-state index in [1.165, 1.54) is 0 Å². The van der Waals surface area contributed by atoms with Gasteiger partial charge in [0, 0.05) is 5.41 Å². The summed E-state index contributed by atoms with van der Waals surface area (Å²) >= 11 is 0. The Morgan fingerprint density at radius 1 is 1.17 bits per heavy atom. The molecule has 35 heavy (non-hydrogen) atoms. The average molecular weight is 495 g/mol. The summed E-state index contributed by atoms with van der Waals surface area (Å²) in [5, 5.41) is 51.4. The van der Waals surface area contributed by atoms with Gasteiger partial charge in [-0.1, -0.05) is 38.8 Å². The van der Waals surface area contributed by atoms with Crippen molar-refractivity contribution in [3.8, 4) is 0 Å². The molecule has 5 aliphatic rings. The van der Waals surface area contributed by atoms with E-state index in [9.17, 15) is 35.1 Å². The maximum absolute atomic E-state index is 14.4. The number of rotatable bonds is 6. The Hall–Kier alpha value is -1.36. The number of carbonyl (C=O) groups is 2. The second-order valence-corrected chi connectivity index (χ2v) is 11.9. The predicted molar refractivity (Wildman–Crippen MR) is 121 cm³/mol. The number of hydrogen-bond donors (Lipinski definition) is 5. The molecule has 0 amide bonds. The first-order valence-corrected chi connectivity index (χ1v) is 12.9. The molecular weight excluding hydrogens is 456 g/mol. The number of aliphatic hydroxyl groups is 5. The lowest BCUT2D eigenvalue weighted by Crippen LogP contribution is -2.65. The number of aldehydes is 1. The van der Waals surface area contributed by atoms with Crippen LogP contribution in [0.2, 0.25) is 0 Å². The zero-order valence-corrected chi connectivity index (χ0v) is 20.5. The second kappa shape index (κ2) is 8.33. The minimum absolute atomic E-state index is 0.0236. The third-order valence-corrected chi connectivity index (χ3v) is 10.5. The number of carbonyl (C=O) groups excluding carboxylic acids is 2. The van der Waals surface area contributed by atoms with Gasteiger partial charge in [-0.2, -0.15) is 0 Å². The lowest BCUT2D eigenvalue weighted by atomic mass is 9.43. The van der Waals surface area contributed by atoms with Crippen LogP contribution >= 0.6 is 0 Å². The molecule has 1 saturated heterocycles. The number of hydrogen-bond acceptors (Lipinski definition) is 9. The van der Waals surface area contributed by atoms with Crippen molar-refractivity contribution in [3.63, 3.8) is 0 Å². The first kappa shape index (κ1) is 25.3. The molecule has 196 valence electrons. The molecule has 0 aromatic heterocycles. The van der Waals surface area contributed by atoms with E-state index in [4.69, 9.17) is 9.47 Å². The van der Waals surface area contributed by atoms with Crippen LogP contribution in [0.4, 0.5) is 0 Å². The largest absolute Gasteiger partial charge is 0.432 e. The minimum Gasteiger partial charge on any atom is -0.432 e. The van der Waals surface area contributed by atoms with Crippen molar-refractivity contribution in [2.24, 2.45) is 45.8 Å². The SMILES string of the molecule is CC(C)C1=C[C@@H]2C[C@]3(C=O)[C@@H]4CC[C@@H](C)[C@H]4C[C@@]2(CO)[C@]13C(=O)O[C@@H]1O[C@H](CO)[C@@H](O)[C@H](O)[C@H]1O. The lowest BCUT2D eigenvalue weighted by molar-refractivity contribution is -0.299. The van der Waals surface area contributed by atoms with E-state index >= 15 is 0 Å². The van der Waals surface area contributed by atoms with Gasteiger partial charge >= 0.3 is 5.97 Å². The van der Waals surface area contributed by atoms with Crippen LogP contribution in [0.1, 0.15) is 46.5 Å². The van der Waals surface area contributed by atoms with Crippen molar-refractivity contribution in [2.45, 2.75) is 77.2 Å². The highest BCUT2D eigenvalue weighted by atomic mass is 16.7. The molecule has 0 unspecified atom stereocenters. The summed E-state index contributed by atoms with van der Waals surface area (Å²) in [4.78, 5) is 27.6. The molecule has 4 bridgehead atoms. The topological polar surface area (TPSA) is 154 Å². The molecule has 4 fully saturated rings. The fraction of sp³-hybridized carbons (Fsp3) is 0.846. The number of fused-ring (bicyclic) bond motifs is 2. The summed E-state index contributed by atoms with van der Waals surface area (Å²) in [6.07, 6.45) is -2.04. The fourth-order valence-corrected chi connectivity index (χ4v) is 8.99. The summed E-state index contributed by atoms with van der Waals surface area (Å²) in [5.41, 5.74) is -2.59. The van der Waals surface area contributed by atoms with Crippen molar-refractivity contribution in [1.29, 1.82) is 0 Å². The molecule has 1 heterocycles. The molecule has 0 spiro atoms. The van der Waals surface area contributed by atoms with Gasteiger partial charge < -0.3 is 39.8 Å². The maximum atomic E-state index is 14.4. The maximum Gasteiger partial charge on any atom is 0.320 e. The molecule has 12 atom stereocenters. The Morgan fingerprint density at radius 3 is 2.49 bits per heavy atom. The number of ether oxygens (including phenoxy) is 2. The second-order valence-electron chi connectivity index (χ2n) is 11.9. The normalized spacial score (nSPS) is 52.4. The summed E-state index contributed by atoms with van der Waals surface area (Å²) in [5.74, 6) is -0.432. The highest BCUT2D eigenvalue weighted by Crippen LogP contribution is 2.82. The zero-order chi connectivity index (χ0) is 25.5. The Kier molecular flexibility index (Phi) is 6.02. The molecular formula is C26H38O9. The summed E-state index contributed by atoms with van der Waals surface area (Å²) in [7, 11) is 0. The summed E-state index contributed by atoms with van der Waals surface area (Å²) in [6.45, 7) is 5.17. The van der Waals surface area contributed by atoms with Gasteiger partial charge in [-0.25, -0.2) is 0 Å². The minimum atomic E-state index is -1.74. The fourth-order valence-electron chi connectivity index (χ4n) is 8.99. The first-order valence-electron chi connectivity index (χ1n) is 12.9. The van der Waals surface area contributed by atoms with Gasteiger partial charge in [0.15, 0.2) is 0 Å². The van der Waals surface area contributed by atoms with Crippen LogP contribution in [0.15, 0.2) is 11.6 Å². The van der Waals surface area contributed by atoms with Crippen LogP contribution < -0.4 is 0 Å². The van der Waals surface area contributed by atoms with E-state index in [2.05, 4.69) is 13.0 Å². The summed E-state index contributed by atoms with van der Waals surface area (Å²) in [6, 6.07) is 0. The highest BCUT2D eigenvalue weighted by Gasteiger charge is 2.84. The van der Waals surface area contributed by atoms with Crippen LogP contribution in [0.25, 0.3) is 0 Å². The van der Waals surface area contributed by atoms with Crippen LogP contribution in [0.5, 0.6) is 0 Å². The Balaban J connectivity index is 1.62. The number of aliphatic hydroxyl groups excluding tert-OH is 5. The molecule has 9 heteroatoms. The van der Waals surface area contributed by atoms with Gasteiger partial charge in [0.05, 0.1) is 18.6 Å². The quantitative estimate of drug-likeness (QED) is 0.197. The van der Waals surface area contributed by atoms with Crippen molar-refractivity contribution in [1.82, 2.24) is 0 Å². The molecule has 9 nitrogen and oxygen atoms in total. The lowest BCUT2D eigenvalue weighted by Gasteiger charge is -2.58. The summed E-state index contributed by atoms with van der Waals surface area (Å²) < 4.78 is 11.3. The van der Waals surface area contributed by atoms with E-state index in [-0.39, 0.29) is 30.3 Å². The van der Waals surface area contributed by atoms with Gasteiger partial charge in [-0.3, -0.25) is 4.79 Å². The number of esters is 1. The number of allylic oxidation sites excluding steroid dienone is 1. The van der Waals surface area contributed by atoms with E-state index in [0.717, 1.165) is 24.7 Å². The van der Waals surface area contributed by atoms with Gasteiger partial charge in [0.1, 0.15) is 36.1 Å². The zero-order valence-electron chi connectivity index (χ0n) is 20.5. The monoisotopic (exact) mass is 494 g/mol. The Morgan fingerprint density at radius 2 is 1.89 bits per heavy atom. The molecule has 1 aliphatic heterocycles. The standard InChI is InChI=1S/C26H38O9/c1-12(2)17-6-14-7-25(11-29)16-5-4-13(3)15(16)8-24(14,10-28)26(17,25)23(33)35-22-21(32)20(31)19(30)18(9-27)34-22/h6,11-16,18-22,27-28,30-32H,4-5,7-10H2,1-3H3/t13-,14-,15-,16-,18-,19-,20+,21-,22+,24+,25+,26-/m1/s1. The first-order chi connectivity index (χ1) is 16.6. The molecule has 5 rings (SSSR count). The van der Waals surface area contributed by atoms with Gasteiger partial charge in [-0.05, 0) is 48.9 Å². The van der Waals surface area contributed by atoms with E-state index < -0.39 is 59.5 Å². The Labute approximate surface area is 205 Å². The van der Waals surface area contributed by atoms with Crippen LogP contribution in [-0.4, -0.2) is 81.7 Å². The van der Waals surface area contributed by atoms with Crippen molar-refractivity contribution < 1.29 is 44.6 Å².